The predicted octanol–water partition coefficient (Wildman–Crippen LogP) is 3.92. The number of nitrogens with zero attached hydrogens (tertiary/aromatic N) is 1. The van der Waals surface area contributed by atoms with Crippen LogP contribution in [0.1, 0.15) is 23.1 Å². The number of carbonyl (C=O) groups is 3. The Morgan fingerprint density at radius 1 is 0.833 bits per heavy atom. The van der Waals surface area contributed by atoms with E-state index in [1.165, 1.54) is 0 Å². The third-order valence-corrected chi connectivity index (χ3v) is 6.25. The minimum absolute atomic E-state index is 0.256. The number of amides is 4. The summed E-state index contributed by atoms with van der Waals surface area (Å²) in [5, 5.41) is 11.6. The number of hydrogen-bond acceptors (Lipinski definition) is 4. The molecule has 0 radical (unpaired) electrons. The van der Waals surface area contributed by atoms with Crippen LogP contribution in [0.15, 0.2) is 72.8 Å². The van der Waals surface area contributed by atoms with Crippen LogP contribution in [0.4, 0.5) is 21.9 Å². The van der Waals surface area contributed by atoms with Gasteiger partial charge in [-0.15, -0.1) is 0 Å². The molecule has 1 heterocycles. The van der Waals surface area contributed by atoms with E-state index in [0.717, 1.165) is 11.1 Å². The molecular weight excluding hydrogens is 454 g/mol. The standard InChI is InChI=1S/C28H31N5O3/c1-19-8-12-21(13-9-19)30-25(34)18-28(32-27(36)31-22-14-10-20(2)11-15-22)23-6-4-5-7-24(23)33(26(28)35)17-16-29-3/h4-15,29H,16-18H2,1-3H3,(H,30,34)(H2,31,32,36). The molecule has 4 amide bonds. The smallest absolute Gasteiger partial charge is 0.320 e. The number of para-hydroxylation sites is 1. The molecule has 186 valence electrons. The van der Waals surface area contributed by atoms with E-state index < -0.39 is 11.6 Å². The number of carbonyl (C=O) groups excluding carboxylic acids is 3. The van der Waals surface area contributed by atoms with E-state index in [2.05, 4.69) is 21.3 Å². The van der Waals surface area contributed by atoms with E-state index in [1.54, 1.807) is 41.3 Å². The van der Waals surface area contributed by atoms with Gasteiger partial charge in [0.1, 0.15) is 0 Å². The molecule has 1 atom stereocenters. The van der Waals surface area contributed by atoms with Crippen molar-refractivity contribution in [2.75, 3.05) is 35.7 Å². The fourth-order valence-electron chi connectivity index (χ4n) is 4.38. The van der Waals surface area contributed by atoms with Crippen LogP contribution < -0.4 is 26.2 Å². The molecule has 4 N–H and O–H groups in total. The largest absolute Gasteiger partial charge is 0.326 e. The zero-order valence-corrected chi connectivity index (χ0v) is 20.7. The molecule has 0 aromatic heterocycles. The van der Waals surface area contributed by atoms with Gasteiger partial charge in [0.2, 0.25) is 5.91 Å². The summed E-state index contributed by atoms with van der Waals surface area (Å²) in [6.07, 6.45) is -0.256. The molecule has 0 aliphatic carbocycles. The van der Waals surface area contributed by atoms with Gasteiger partial charge in [0.05, 0.1) is 6.42 Å². The Morgan fingerprint density at radius 3 is 2.03 bits per heavy atom. The van der Waals surface area contributed by atoms with Crippen LogP contribution in [0.25, 0.3) is 0 Å². The van der Waals surface area contributed by atoms with Gasteiger partial charge in [-0.05, 0) is 51.2 Å². The fraction of sp³-hybridized carbons (Fsp3) is 0.250. The predicted molar refractivity (Wildman–Crippen MR) is 142 cm³/mol. The molecule has 4 rings (SSSR count). The van der Waals surface area contributed by atoms with Crippen LogP contribution in [-0.2, 0) is 15.1 Å². The lowest BCUT2D eigenvalue weighted by Crippen LogP contribution is -2.56. The molecule has 8 nitrogen and oxygen atoms in total. The maximum Gasteiger partial charge on any atom is 0.320 e. The summed E-state index contributed by atoms with van der Waals surface area (Å²) in [6.45, 7) is 4.88. The molecule has 3 aromatic carbocycles. The van der Waals surface area contributed by atoms with Crippen LogP contribution in [0.2, 0.25) is 0 Å². The highest BCUT2D eigenvalue weighted by Crippen LogP contribution is 2.42. The van der Waals surface area contributed by atoms with E-state index in [-0.39, 0.29) is 18.2 Å². The molecule has 1 aliphatic heterocycles. The summed E-state index contributed by atoms with van der Waals surface area (Å²) < 4.78 is 0. The van der Waals surface area contributed by atoms with Gasteiger partial charge >= 0.3 is 6.03 Å². The van der Waals surface area contributed by atoms with Crippen molar-refractivity contribution in [2.45, 2.75) is 25.8 Å². The molecule has 1 unspecified atom stereocenters. The Kier molecular flexibility index (Phi) is 7.36. The number of benzene rings is 3. The van der Waals surface area contributed by atoms with Crippen molar-refractivity contribution in [3.63, 3.8) is 0 Å². The molecule has 0 spiro atoms. The molecule has 36 heavy (non-hydrogen) atoms. The Morgan fingerprint density at radius 2 is 1.42 bits per heavy atom. The first-order valence-corrected chi connectivity index (χ1v) is 11.9. The number of hydrogen-bond donors (Lipinski definition) is 4. The van der Waals surface area contributed by atoms with Crippen LogP contribution in [0, 0.1) is 13.8 Å². The first kappa shape index (κ1) is 24.9. The van der Waals surface area contributed by atoms with Crippen molar-refractivity contribution < 1.29 is 14.4 Å². The minimum Gasteiger partial charge on any atom is -0.326 e. The molecule has 3 aromatic rings. The monoisotopic (exact) mass is 485 g/mol. The number of anilines is 3. The maximum atomic E-state index is 13.9. The lowest BCUT2D eigenvalue weighted by molar-refractivity contribution is -0.128. The number of fused-ring (bicyclic) bond motifs is 1. The Labute approximate surface area is 211 Å². The SMILES string of the molecule is CNCCN1C(=O)C(CC(=O)Nc2ccc(C)cc2)(NC(=O)Nc2ccc(C)cc2)c2ccccc21. The second-order valence-corrected chi connectivity index (χ2v) is 9.02. The summed E-state index contributed by atoms with van der Waals surface area (Å²) in [6, 6.07) is 21.5. The average Bonchev–Trinajstić information content (AvgIpc) is 3.07. The zero-order chi connectivity index (χ0) is 25.7. The third-order valence-electron chi connectivity index (χ3n) is 6.25. The molecule has 0 bridgehead atoms. The summed E-state index contributed by atoms with van der Waals surface area (Å²) in [4.78, 5) is 42.0. The molecular formula is C28H31N5O3. The van der Waals surface area contributed by atoms with E-state index in [0.29, 0.717) is 35.7 Å². The summed E-state index contributed by atoms with van der Waals surface area (Å²) >= 11 is 0. The topological polar surface area (TPSA) is 103 Å². The third kappa shape index (κ3) is 5.23. The molecule has 0 fully saturated rings. The molecule has 0 saturated heterocycles. The number of urea groups is 1. The van der Waals surface area contributed by atoms with Gasteiger partial charge in [0.15, 0.2) is 5.54 Å². The van der Waals surface area contributed by atoms with Crippen LogP contribution in [0.5, 0.6) is 0 Å². The molecule has 8 heteroatoms. The van der Waals surface area contributed by atoms with Crippen LogP contribution in [0.3, 0.4) is 0 Å². The fourth-order valence-corrected chi connectivity index (χ4v) is 4.38. The lowest BCUT2D eigenvalue weighted by Gasteiger charge is -2.30. The van der Waals surface area contributed by atoms with E-state index in [1.807, 2.05) is 57.3 Å². The second-order valence-electron chi connectivity index (χ2n) is 9.02. The highest BCUT2D eigenvalue weighted by Gasteiger charge is 2.53. The van der Waals surface area contributed by atoms with Crippen molar-refractivity contribution in [3.8, 4) is 0 Å². The highest BCUT2D eigenvalue weighted by atomic mass is 16.2. The summed E-state index contributed by atoms with van der Waals surface area (Å²) in [5.41, 5.74) is 3.04. The van der Waals surface area contributed by atoms with E-state index in [9.17, 15) is 14.4 Å². The van der Waals surface area contributed by atoms with Crippen molar-refractivity contribution in [3.05, 3.63) is 89.5 Å². The minimum atomic E-state index is -1.56. The number of rotatable bonds is 8. The van der Waals surface area contributed by atoms with Gasteiger partial charge in [-0.2, -0.15) is 0 Å². The van der Waals surface area contributed by atoms with Gasteiger partial charge in [0, 0.05) is 35.7 Å². The summed E-state index contributed by atoms with van der Waals surface area (Å²) in [7, 11) is 1.81. The second kappa shape index (κ2) is 10.6. The normalized spacial score (nSPS) is 16.4. The van der Waals surface area contributed by atoms with Gasteiger partial charge in [0.25, 0.3) is 5.91 Å². The van der Waals surface area contributed by atoms with Gasteiger partial charge in [-0.1, -0.05) is 53.6 Å². The highest BCUT2D eigenvalue weighted by molar-refractivity contribution is 6.12. The molecule has 1 aliphatic rings. The number of aryl methyl sites for hydroxylation is 2. The van der Waals surface area contributed by atoms with Crippen LogP contribution in [-0.4, -0.2) is 38.0 Å². The zero-order valence-electron chi connectivity index (χ0n) is 20.7. The van der Waals surface area contributed by atoms with Gasteiger partial charge < -0.3 is 26.2 Å². The summed E-state index contributed by atoms with van der Waals surface area (Å²) in [5.74, 6) is -0.731. The Hall–Kier alpha value is -4.17. The molecule has 0 saturated carbocycles. The maximum absolute atomic E-state index is 13.9. The van der Waals surface area contributed by atoms with Crippen molar-refractivity contribution in [2.24, 2.45) is 0 Å². The lowest BCUT2D eigenvalue weighted by atomic mass is 9.87. The first-order chi connectivity index (χ1) is 17.3. The van der Waals surface area contributed by atoms with Crippen LogP contribution >= 0.6 is 0 Å². The van der Waals surface area contributed by atoms with Gasteiger partial charge in [-0.3, -0.25) is 9.59 Å². The van der Waals surface area contributed by atoms with Crippen molar-refractivity contribution >= 4 is 34.9 Å². The number of nitrogens with one attached hydrogen (secondary N) is 4. The average molecular weight is 486 g/mol. The van der Waals surface area contributed by atoms with Gasteiger partial charge in [-0.25, -0.2) is 4.79 Å². The van der Waals surface area contributed by atoms with Crippen molar-refractivity contribution in [1.82, 2.24) is 10.6 Å². The number of likely N-dealkylation sites (N-methyl/N-ethyl adjacent to an activating group) is 1. The Bertz CT molecular complexity index is 1190. The Balaban J connectivity index is 1.66. The van der Waals surface area contributed by atoms with Crippen molar-refractivity contribution in [1.29, 1.82) is 0 Å². The van der Waals surface area contributed by atoms with E-state index in [4.69, 9.17) is 0 Å². The first-order valence-electron chi connectivity index (χ1n) is 11.9. The van der Waals surface area contributed by atoms with E-state index >= 15 is 0 Å². The quantitative estimate of drug-likeness (QED) is 0.388.